The number of nitrogens with one attached hydrogen (secondary N) is 1. The van der Waals surface area contributed by atoms with Crippen molar-refractivity contribution >= 4 is 11.3 Å². The molecule has 2 atom stereocenters. The Labute approximate surface area is 125 Å². The first-order valence-corrected chi connectivity index (χ1v) is 7.88. The minimum Gasteiger partial charge on any atom is -0.492 e. The molecule has 0 saturated carbocycles. The predicted molar refractivity (Wildman–Crippen MR) is 86.7 cm³/mol. The van der Waals surface area contributed by atoms with E-state index in [1.165, 1.54) is 15.3 Å². The standard InChI is InChI=1S/C17H23NOS/c1-12-5-8-16(9-6-12)19-11-13(2)18-15(4)17-10-7-14(3)20-17/h5-10,13,15,18H,11H2,1-4H3. The van der Waals surface area contributed by atoms with E-state index in [2.05, 4.69) is 57.3 Å². The van der Waals surface area contributed by atoms with E-state index in [1.807, 2.05) is 23.5 Å². The van der Waals surface area contributed by atoms with E-state index >= 15 is 0 Å². The van der Waals surface area contributed by atoms with Gasteiger partial charge in [0, 0.05) is 21.8 Å². The fourth-order valence-electron chi connectivity index (χ4n) is 2.10. The van der Waals surface area contributed by atoms with E-state index in [0.29, 0.717) is 18.7 Å². The van der Waals surface area contributed by atoms with Crippen molar-refractivity contribution < 1.29 is 4.74 Å². The predicted octanol–water partition coefficient (Wildman–Crippen LogP) is 4.48. The zero-order valence-electron chi connectivity index (χ0n) is 12.6. The quantitative estimate of drug-likeness (QED) is 0.846. The first-order chi connectivity index (χ1) is 9.54. The second kappa shape index (κ2) is 6.91. The molecule has 0 bridgehead atoms. The third kappa shape index (κ3) is 4.36. The van der Waals surface area contributed by atoms with Crippen LogP contribution in [0.25, 0.3) is 0 Å². The number of ether oxygens (including phenoxy) is 1. The molecule has 1 aromatic heterocycles. The van der Waals surface area contributed by atoms with Crippen molar-refractivity contribution in [3.05, 3.63) is 51.7 Å². The molecule has 0 saturated heterocycles. The van der Waals surface area contributed by atoms with Crippen LogP contribution >= 0.6 is 11.3 Å². The van der Waals surface area contributed by atoms with Crippen LogP contribution in [0.4, 0.5) is 0 Å². The number of hydrogen-bond donors (Lipinski definition) is 1. The highest BCUT2D eigenvalue weighted by Crippen LogP contribution is 2.22. The van der Waals surface area contributed by atoms with Crippen molar-refractivity contribution in [3.63, 3.8) is 0 Å². The van der Waals surface area contributed by atoms with E-state index in [1.54, 1.807) is 0 Å². The molecule has 2 unspecified atom stereocenters. The summed E-state index contributed by atoms with van der Waals surface area (Å²) in [5.41, 5.74) is 1.25. The van der Waals surface area contributed by atoms with E-state index in [0.717, 1.165) is 5.75 Å². The van der Waals surface area contributed by atoms with Gasteiger partial charge in [0.25, 0.3) is 0 Å². The van der Waals surface area contributed by atoms with Gasteiger partial charge in [0.2, 0.25) is 0 Å². The molecular weight excluding hydrogens is 266 g/mol. The molecule has 2 aromatic rings. The van der Waals surface area contributed by atoms with Crippen LogP contribution in [-0.2, 0) is 0 Å². The van der Waals surface area contributed by atoms with Crippen molar-refractivity contribution in [2.45, 2.75) is 39.8 Å². The molecule has 20 heavy (non-hydrogen) atoms. The third-order valence-corrected chi connectivity index (χ3v) is 4.43. The van der Waals surface area contributed by atoms with Crippen molar-refractivity contribution in [1.82, 2.24) is 5.32 Å². The number of benzene rings is 1. The van der Waals surface area contributed by atoms with Gasteiger partial charge in [-0.2, -0.15) is 0 Å². The van der Waals surface area contributed by atoms with Gasteiger partial charge in [-0.05, 0) is 52.0 Å². The summed E-state index contributed by atoms with van der Waals surface area (Å²) < 4.78 is 5.81. The zero-order chi connectivity index (χ0) is 14.5. The van der Waals surface area contributed by atoms with Crippen LogP contribution in [0.2, 0.25) is 0 Å². The molecule has 2 rings (SSSR count). The van der Waals surface area contributed by atoms with Gasteiger partial charge >= 0.3 is 0 Å². The van der Waals surface area contributed by atoms with Gasteiger partial charge in [-0.3, -0.25) is 0 Å². The minimum atomic E-state index is 0.314. The fourth-order valence-corrected chi connectivity index (χ4v) is 2.99. The topological polar surface area (TPSA) is 21.3 Å². The molecule has 0 fully saturated rings. The van der Waals surface area contributed by atoms with Crippen LogP contribution in [-0.4, -0.2) is 12.6 Å². The smallest absolute Gasteiger partial charge is 0.119 e. The van der Waals surface area contributed by atoms with Crippen molar-refractivity contribution in [3.8, 4) is 5.75 Å². The molecule has 0 aliphatic rings. The molecule has 0 aliphatic heterocycles. The van der Waals surface area contributed by atoms with Crippen LogP contribution in [0.5, 0.6) is 5.75 Å². The summed E-state index contributed by atoms with van der Waals surface area (Å²) in [6, 6.07) is 13.2. The summed E-state index contributed by atoms with van der Waals surface area (Å²) in [6.07, 6.45) is 0. The number of hydrogen-bond acceptors (Lipinski definition) is 3. The van der Waals surface area contributed by atoms with Gasteiger partial charge in [-0.15, -0.1) is 11.3 Å². The monoisotopic (exact) mass is 289 g/mol. The summed E-state index contributed by atoms with van der Waals surface area (Å²) in [7, 11) is 0. The van der Waals surface area contributed by atoms with Gasteiger partial charge in [-0.1, -0.05) is 17.7 Å². The zero-order valence-corrected chi connectivity index (χ0v) is 13.5. The minimum absolute atomic E-state index is 0.314. The second-order valence-electron chi connectivity index (χ2n) is 5.36. The molecule has 108 valence electrons. The first kappa shape index (κ1) is 15.1. The van der Waals surface area contributed by atoms with E-state index in [-0.39, 0.29) is 0 Å². The first-order valence-electron chi connectivity index (χ1n) is 7.06. The molecule has 0 spiro atoms. The summed E-state index contributed by atoms with van der Waals surface area (Å²) >= 11 is 1.85. The molecule has 1 aromatic carbocycles. The van der Waals surface area contributed by atoms with Gasteiger partial charge in [-0.25, -0.2) is 0 Å². The Bertz CT molecular complexity index is 532. The van der Waals surface area contributed by atoms with Gasteiger partial charge in [0.05, 0.1) is 0 Å². The molecule has 1 heterocycles. The maximum Gasteiger partial charge on any atom is 0.119 e. The third-order valence-electron chi connectivity index (χ3n) is 3.24. The summed E-state index contributed by atoms with van der Waals surface area (Å²) in [5.74, 6) is 0.934. The van der Waals surface area contributed by atoms with Crippen molar-refractivity contribution in [2.75, 3.05) is 6.61 Å². The Morgan fingerprint density at radius 2 is 1.75 bits per heavy atom. The highest BCUT2D eigenvalue weighted by atomic mass is 32.1. The van der Waals surface area contributed by atoms with Gasteiger partial charge in [0.1, 0.15) is 12.4 Å². The normalized spacial score (nSPS) is 14.0. The highest BCUT2D eigenvalue weighted by molar-refractivity contribution is 7.12. The number of aryl methyl sites for hydroxylation is 2. The van der Waals surface area contributed by atoms with Crippen LogP contribution in [0, 0.1) is 13.8 Å². The molecule has 0 radical (unpaired) electrons. The molecule has 1 N–H and O–H groups in total. The molecule has 2 nitrogen and oxygen atoms in total. The number of rotatable bonds is 6. The molecule has 0 aliphatic carbocycles. The molecule has 3 heteroatoms. The largest absolute Gasteiger partial charge is 0.492 e. The highest BCUT2D eigenvalue weighted by Gasteiger charge is 2.11. The lowest BCUT2D eigenvalue weighted by atomic mass is 10.2. The van der Waals surface area contributed by atoms with Crippen molar-refractivity contribution in [2.24, 2.45) is 0 Å². The van der Waals surface area contributed by atoms with Crippen LogP contribution < -0.4 is 10.1 Å². The Morgan fingerprint density at radius 1 is 1.05 bits per heavy atom. The number of thiophene rings is 1. The summed E-state index contributed by atoms with van der Waals surface area (Å²) in [4.78, 5) is 2.74. The molecular formula is C17H23NOS. The SMILES string of the molecule is Cc1ccc(OCC(C)NC(C)c2ccc(C)s2)cc1. The lowest BCUT2D eigenvalue weighted by Gasteiger charge is -2.19. The Morgan fingerprint density at radius 3 is 2.35 bits per heavy atom. The maximum absolute atomic E-state index is 5.81. The molecule has 0 amide bonds. The summed E-state index contributed by atoms with van der Waals surface area (Å²) in [5, 5.41) is 3.58. The fraction of sp³-hybridized carbons (Fsp3) is 0.412. The van der Waals surface area contributed by atoms with Crippen molar-refractivity contribution in [1.29, 1.82) is 0 Å². The van der Waals surface area contributed by atoms with E-state index in [9.17, 15) is 0 Å². The van der Waals surface area contributed by atoms with E-state index < -0.39 is 0 Å². The second-order valence-corrected chi connectivity index (χ2v) is 6.68. The van der Waals surface area contributed by atoms with E-state index in [4.69, 9.17) is 4.74 Å². The van der Waals surface area contributed by atoms with Crippen LogP contribution in [0.15, 0.2) is 36.4 Å². The summed E-state index contributed by atoms with van der Waals surface area (Å²) in [6.45, 7) is 9.26. The average molecular weight is 289 g/mol. The lowest BCUT2D eigenvalue weighted by Crippen LogP contribution is -2.33. The lowest BCUT2D eigenvalue weighted by molar-refractivity contribution is 0.264. The van der Waals surface area contributed by atoms with Crippen LogP contribution in [0.3, 0.4) is 0 Å². The Kier molecular flexibility index (Phi) is 5.21. The maximum atomic E-state index is 5.81. The Balaban J connectivity index is 1.80. The average Bonchev–Trinajstić information content (AvgIpc) is 2.85. The Hall–Kier alpha value is -1.32. The van der Waals surface area contributed by atoms with Gasteiger partial charge in [0.15, 0.2) is 0 Å². The van der Waals surface area contributed by atoms with Crippen LogP contribution in [0.1, 0.15) is 35.2 Å². The van der Waals surface area contributed by atoms with Gasteiger partial charge < -0.3 is 10.1 Å².